The van der Waals surface area contributed by atoms with Crippen LogP contribution in [0.1, 0.15) is 23.2 Å². The monoisotopic (exact) mass is 444 g/mol. The molecule has 5 nitrogen and oxygen atoms in total. The molecule has 0 radical (unpaired) electrons. The van der Waals surface area contributed by atoms with Gasteiger partial charge >= 0.3 is 5.97 Å². The number of aromatic nitrogens is 1. The highest BCUT2D eigenvalue weighted by atomic mass is 32.1. The highest BCUT2D eigenvalue weighted by molar-refractivity contribution is 7.07. The summed E-state index contributed by atoms with van der Waals surface area (Å²) >= 11 is 1.64. The molecule has 2 aromatic heterocycles. The number of anilines is 1. The number of hydrogen-bond acceptors (Lipinski definition) is 3. The van der Waals surface area contributed by atoms with E-state index in [1.807, 2.05) is 69.4 Å². The van der Waals surface area contributed by atoms with Crippen molar-refractivity contribution in [1.29, 1.82) is 0 Å². The zero-order valence-electron chi connectivity index (χ0n) is 17.6. The largest absolute Gasteiger partial charge is 0.480 e. The third-order valence-electron chi connectivity index (χ3n) is 6.27. The van der Waals surface area contributed by atoms with E-state index in [1.54, 1.807) is 11.3 Å². The fraction of sp³-hybridized carbons (Fsp3) is 0.231. The first-order chi connectivity index (χ1) is 15.6. The van der Waals surface area contributed by atoms with Gasteiger partial charge < -0.3 is 14.6 Å². The minimum absolute atomic E-state index is 0.0528. The number of carbonyl (C=O) groups excluding carboxylic acids is 1. The number of hydrogen-bond donors (Lipinski definition) is 1. The van der Waals surface area contributed by atoms with E-state index in [4.69, 9.17) is 0 Å². The molecule has 1 aliphatic carbocycles. The van der Waals surface area contributed by atoms with Crippen molar-refractivity contribution in [2.75, 3.05) is 4.90 Å². The first kappa shape index (κ1) is 20.5. The molecule has 1 aliphatic rings. The fourth-order valence-corrected chi connectivity index (χ4v) is 5.48. The van der Waals surface area contributed by atoms with Gasteiger partial charge in [-0.2, -0.15) is 11.3 Å². The van der Waals surface area contributed by atoms with Gasteiger partial charge in [0.1, 0.15) is 6.54 Å². The number of carboxylic acids is 1. The molecule has 6 heteroatoms. The number of rotatable bonds is 6. The number of para-hydroxylation sites is 2. The lowest BCUT2D eigenvalue weighted by Crippen LogP contribution is -2.38. The summed E-state index contributed by atoms with van der Waals surface area (Å²) in [6, 6.07) is 19.8. The van der Waals surface area contributed by atoms with Gasteiger partial charge in [-0.25, -0.2) is 0 Å². The van der Waals surface area contributed by atoms with E-state index < -0.39 is 5.97 Å². The maximum Gasteiger partial charge on any atom is 0.323 e. The molecule has 0 aliphatic heterocycles. The lowest BCUT2D eigenvalue weighted by molar-refractivity contribution is -0.137. The van der Waals surface area contributed by atoms with Gasteiger partial charge in [0.15, 0.2) is 0 Å². The zero-order valence-corrected chi connectivity index (χ0v) is 18.4. The van der Waals surface area contributed by atoms with Crippen LogP contribution >= 0.6 is 11.3 Å². The molecule has 1 unspecified atom stereocenters. The van der Waals surface area contributed by atoms with Crippen molar-refractivity contribution in [1.82, 2.24) is 4.57 Å². The summed E-state index contributed by atoms with van der Waals surface area (Å²) in [5.41, 5.74) is 5.15. The Balaban J connectivity index is 1.49. The Hall–Kier alpha value is -3.38. The van der Waals surface area contributed by atoms with Crippen molar-refractivity contribution in [3.63, 3.8) is 0 Å². The summed E-state index contributed by atoms with van der Waals surface area (Å²) in [7, 11) is 0. The summed E-state index contributed by atoms with van der Waals surface area (Å²) in [6.07, 6.45) is 2.05. The predicted octanol–water partition coefficient (Wildman–Crippen LogP) is 5.13. The lowest BCUT2D eigenvalue weighted by Gasteiger charge is -2.30. The van der Waals surface area contributed by atoms with Crippen LogP contribution in [-0.2, 0) is 35.5 Å². The van der Waals surface area contributed by atoms with E-state index in [1.165, 1.54) is 0 Å². The maximum atomic E-state index is 13.8. The minimum Gasteiger partial charge on any atom is -0.480 e. The molecule has 4 aromatic rings. The molecule has 2 heterocycles. The van der Waals surface area contributed by atoms with Gasteiger partial charge in [0.05, 0.1) is 6.54 Å². The molecule has 0 saturated carbocycles. The van der Waals surface area contributed by atoms with Crippen LogP contribution in [0.15, 0.2) is 71.4 Å². The smallest absolute Gasteiger partial charge is 0.323 e. The van der Waals surface area contributed by atoms with Crippen LogP contribution in [-0.4, -0.2) is 21.6 Å². The second-order valence-electron chi connectivity index (χ2n) is 8.25. The van der Waals surface area contributed by atoms with Crippen LogP contribution in [0.5, 0.6) is 0 Å². The Morgan fingerprint density at radius 2 is 1.84 bits per heavy atom. The van der Waals surface area contributed by atoms with Crippen LogP contribution < -0.4 is 4.90 Å². The number of benzene rings is 2. The van der Waals surface area contributed by atoms with Gasteiger partial charge in [-0.15, -0.1) is 0 Å². The first-order valence-corrected chi connectivity index (χ1v) is 11.7. The van der Waals surface area contributed by atoms with Gasteiger partial charge in [0.25, 0.3) is 0 Å². The molecule has 1 amide bonds. The number of amides is 1. The van der Waals surface area contributed by atoms with Crippen molar-refractivity contribution < 1.29 is 14.7 Å². The van der Waals surface area contributed by atoms with Gasteiger partial charge in [-0.3, -0.25) is 9.59 Å². The number of carboxylic acid groups (broad SMARTS) is 1. The number of nitrogens with zero attached hydrogens (tertiary/aromatic N) is 2. The van der Waals surface area contributed by atoms with Crippen molar-refractivity contribution in [3.8, 4) is 0 Å². The van der Waals surface area contributed by atoms with E-state index in [2.05, 4.69) is 11.4 Å². The van der Waals surface area contributed by atoms with E-state index in [0.29, 0.717) is 19.4 Å². The minimum atomic E-state index is -0.849. The molecule has 5 rings (SSSR count). The van der Waals surface area contributed by atoms with Crippen LogP contribution in [0.3, 0.4) is 0 Å². The van der Waals surface area contributed by atoms with Crippen LogP contribution in [0.25, 0.3) is 10.9 Å². The molecule has 0 spiro atoms. The Labute approximate surface area is 190 Å². The highest BCUT2D eigenvalue weighted by Gasteiger charge is 2.32. The van der Waals surface area contributed by atoms with Crippen molar-refractivity contribution >= 4 is 39.8 Å². The quantitative estimate of drug-likeness (QED) is 0.449. The van der Waals surface area contributed by atoms with Crippen molar-refractivity contribution in [2.45, 2.75) is 32.4 Å². The maximum absolute atomic E-state index is 13.8. The van der Waals surface area contributed by atoms with Gasteiger partial charge in [0.2, 0.25) is 5.91 Å². The van der Waals surface area contributed by atoms with Crippen LogP contribution in [0, 0.1) is 5.92 Å². The molecule has 0 fully saturated rings. The van der Waals surface area contributed by atoms with Crippen molar-refractivity contribution in [2.24, 2.45) is 5.92 Å². The molecule has 162 valence electrons. The summed E-state index contributed by atoms with van der Waals surface area (Å²) in [4.78, 5) is 27.2. The van der Waals surface area contributed by atoms with Crippen LogP contribution in [0.2, 0.25) is 0 Å². The van der Waals surface area contributed by atoms with Crippen molar-refractivity contribution in [3.05, 3.63) is 88.2 Å². The molecule has 2 aromatic carbocycles. The van der Waals surface area contributed by atoms with E-state index in [0.717, 1.165) is 39.8 Å². The summed E-state index contributed by atoms with van der Waals surface area (Å²) in [6.45, 7) is 0.499. The summed E-state index contributed by atoms with van der Waals surface area (Å²) < 4.78 is 1.91. The summed E-state index contributed by atoms with van der Waals surface area (Å²) in [5.74, 6) is -0.855. The number of carbonyl (C=O) groups is 2. The van der Waals surface area contributed by atoms with Crippen LogP contribution in [0.4, 0.5) is 5.69 Å². The second-order valence-corrected chi connectivity index (χ2v) is 9.03. The van der Waals surface area contributed by atoms with Gasteiger partial charge in [-0.1, -0.05) is 36.4 Å². The molecular formula is C26H24N2O3S. The van der Waals surface area contributed by atoms with E-state index in [9.17, 15) is 14.7 Å². The van der Waals surface area contributed by atoms with E-state index >= 15 is 0 Å². The SMILES string of the molecule is O=C(O)Cn1c2c(c3ccccc31)CC(C(=O)N(Cc1ccsc1)c1ccccc1)CC2. The Kier molecular flexibility index (Phi) is 5.53. The topological polar surface area (TPSA) is 62.5 Å². The van der Waals surface area contributed by atoms with Gasteiger partial charge in [-0.05, 0) is 65.4 Å². The molecule has 32 heavy (non-hydrogen) atoms. The Morgan fingerprint density at radius 1 is 1.06 bits per heavy atom. The van der Waals surface area contributed by atoms with Gasteiger partial charge in [0, 0.05) is 28.2 Å². The normalized spacial score (nSPS) is 15.4. The molecule has 1 atom stereocenters. The average Bonchev–Trinajstić information content (AvgIpc) is 3.44. The molecule has 1 N–H and O–H groups in total. The standard InChI is InChI=1S/C26H24N2O3S/c29-25(30)16-28-23-9-5-4-8-21(23)22-14-19(10-11-24(22)28)26(31)27(15-18-12-13-32-17-18)20-6-2-1-3-7-20/h1-9,12-13,17,19H,10-11,14-16H2,(H,29,30). The molecular weight excluding hydrogens is 420 g/mol. The second kappa shape index (κ2) is 8.63. The number of aliphatic carboxylic acids is 1. The average molecular weight is 445 g/mol. The Bertz CT molecular complexity index is 1260. The first-order valence-electron chi connectivity index (χ1n) is 10.8. The third kappa shape index (κ3) is 3.82. The number of thiophene rings is 1. The highest BCUT2D eigenvalue weighted by Crippen LogP contribution is 2.36. The molecule has 0 bridgehead atoms. The fourth-order valence-electron chi connectivity index (χ4n) is 4.82. The Morgan fingerprint density at radius 3 is 2.59 bits per heavy atom. The predicted molar refractivity (Wildman–Crippen MR) is 127 cm³/mol. The number of fused-ring (bicyclic) bond motifs is 3. The lowest BCUT2D eigenvalue weighted by atomic mass is 9.85. The van der Waals surface area contributed by atoms with E-state index in [-0.39, 0.29) is 18.4 Å². The molecule has 0 saturated heterocycles. The zero-order chi connectivity index (χ0) is 22.1. The third-order valence-corrected chi connectivity index (χ3v) is 7.00. The summed E-state index contributed by atoms with van der Waals surface area (Å²) in [5, 5.41) is 14.6.